The molecule has 0 aliphatic rings. The summed E-state index contributed by atoms with van der Waals surface area (Å²) in [5.41, 5.74) is 0. The molecule has 5 N–H and O–H groups in total. The van der Waals surface area contributed by atoms with Gasteiger partial charge in [0.1, 0.15) is 17.2 Å². The second-order valence-corrected chi connectivity index (χ2v) is 5.14. The predicted molar refractivity (Wildman–Crippen MR) is 87.8 cm³/mol. The van der Waals surface area contributed by atoms with Gasteiger partial charge in [0.05, 0.1) is 0 Å². The summed E-state index contributed by atoms with van der Waals surface area (Å²) in [5, 5.41) is 48.0. The van der Waals surface area contributed by atoms with Crippen molar-refractivity contribution in [2.75, 3.05) is 0 Å². The number of aromatic hydroxyl groups is 5. The molecule has 0 spiro atoms. The predicted octanol–water partition coefficient (Wildman–Crippen LogP) is 3.80. The minimum Gasteiger partial charge on any atom is -0.508 e. The lowest BCUT2D eigenvalue weighted by Gasteiger charge is -2.12. The Balaban J connectivity index is 1.80. The van der Waals surface area contributed by atoms with Crippen LogP contribution in [0.2, 0.25) is 0 Å². The van der Waals surface area contributed by atoms with E-state index in [2.05, 4.69) is 0 Å². The fourth-order valence-corrected chi connectivity index (χ4v) is 2.08. The fraction of sp³-hybridized carbons (Fsp3) is 0. The van der Waals surface area contributed by atoms with Crippen LogP contribution in [0, 0.1) is 0 Å². The lowest BCUT2D eigenvalue weighted by Crippen LogP contribution is -1.88. The van der Waals surface area contributed by atoms with E-state index in [-0.39, 0.29) is 51.7 Å². The Hall–Kier alpha value is -3.74. The van der Waals surface area contributed by atoms with Gasteiger partial charge in [0.2, 0.25) is 0 Å². The number of phenols is 5. The summed E-state index contributed by atoms with van der Waals surface area (Å²) >= 11 is 0. The molecule has 0 bridgehead atoms. The number of ether oxygens (including phenoxy) is 2. The number of phenolic OH excluding ortho intramolecular Hbond substituents is 5. The summed E-state index contributed by atoms with van der Waals surface area (Å²) in [6.45, 7) is 0. The Morgan fingerprint density at radius 2 is 0.920 bits per heavy atom. The number of rotatable bonds is 4. The van der Waals surface area contributed by atoms with Gasteiger partial charge >= 0.3 is 0 Å². The van der Waals surface area contributed by atoms with E-state index in [1.807, 2.05) is 0 Å². The summed E-state index contributed by atoms with van der Waals surface area (Å²) in [5.74, 6) is -0.591. The van der Waals surface area contributed by atoms with Gasteiger partial charge in [0, 0.05) is 18.2 Å². The Kier molecular flexibility index (Phi) is 4.13. The monoisotopic (exact) mass is 342 g/mol. The van der Waals surface area contributed by atoms with Crippen LogP contribution in [0.15, 0.2) is 54.6 Å². The Morgan fingerprint density at radius 3 is 1.40 bits per heavy atom. The Morgan fingerprint density at radius 1 is 0.480 bits per heavy atom. The number of benzene rings is 3. The third-order valence-electron chi connectivity index (χ3n) is 3.26. The molecule has 0 amide bonds. The molecule has 128 valence electrons. The van der Waals surface area contributed by atoms with Crippen LogP contribution in [-0.2, 0) is 0 Å². The van der Waals surface area contributed by atoms with Crippen molar-refractivity contribution >= 4 is 0 Å². The van der Waals surface area contributed by atoms with Crippen LogP contribution in [0.25, 0.3) is 0 Å². The zero-order chi connectivity index (χ0) is 18.0. The highest BCUT2D eigenvalue weighted by Gasteiger charge is 2.11. The van der Waals surface area contributed by atoms with Gasteiger partial charge in [0.25, 0.3) is 0 Å². The van der Waals surface area contributed by atoms with E-state index in [4.69, 9.17) is 9.47 Å². The maximum atomic E-state index is 10.1. The lowest BCUT2D eigenvalue weighted by atomic mass is 10.2. The smallest absolute Gasteiger partial charge is 0.169 e. The zero-order valence-electron chi connectivity index (χ0n) is 12.7. The summed E-state index contributed by atoms with van der Waals surface area (Å²) in [4.78, 5) is 0. The molecule has 25 heavy (non-hydrogen) atoms. The molecule has 7 heteroatoms. The van der Waals surface area contributed by atoms with Gasteiger partial charge in [0.15, 0.2) is 34.5 Å². The molecule has 0 fully saturated rings. The number of hydrogen-bond acceptors (Lipinski definition) is 7. The normalized spacial score (nSPS) is 10.4. The van der Waals surface area contributed by atoms with Crippen LogP contribution in [0.1, 0.15) is 0 Å². The molecule has 0 heterocycles. The molecular weight excluding hydrogens is 328 g/mol. The topological polar surface area (TPSA) is 120 Å². The molecule has 0 saturated heterocycles. The largest absolute Gasteiger partial charge is 0.508 e. The molecule has 3 rings (SSSR count). The molecule has 3 aromatic carbocycles. The average Bonchev–Trinajstić information content (AvgIpc) is 2.55. The third-order valence-corrected chi connectivity index (χ3v) is 3.26. The standard InChI is InChI=1S/C18H14O7/c19-10-1-4-16(13(21)7-10)24-12-3-6-18(15(23)9-12)25-17-5-2-11(20)8-14(17)22/h1-9,19-23H. The molecule has 0 saturated carbocycles. The highest BCUT2D eigenvalue weighted by atomic mass is 16.5. The SMILES string of the molecule is Oc1ccc(Oc2ccc(Oc3ccc(O)cc3O)c(O)c2)c(O)c1. The summed E-state index contributed by atoms with van der Waals surface area (Å²) in [6.07, 6.45) is 0. The van der Waals surface area contributed by atoms with E-state index in [1.54, 1.807) is 0 Å². The minimum absolute atomic E-state index is 0.0537. The van der Waals surface area contributed by atoms with Gasteiger partial charge in [-0.25, -0.2) is 0 Å². The van der Waals surface area contributed by atoms with E-state index in [0.717, 1.165) is 12.1 Å². The molecule has 0 radical (unpaired) electrons. The molecule has 0 atom stereocenters. The Bertz CT molecular complexity index is 921. The van der Waals surface area contributed by atoms with Gasteiger partial charge in [-0.15, -0.1) is 0 Å². The van der Waals surface area contributed by atoms with E-state index in [9.17, 15) is 25.5 Å². The van der Waals surface area contributed by atoms with Crippen LogP contribution in [0.5, 0.6) is 51.7 Å². The van der Waals surface area contributed by atoms with Crippen molar-refractivity contribution in [3.8, 4) is 51.7 Å². The van der Waals surface area contributed by atoms with Crippen LogP contribution in [0.4, 0.5) is 0 Å². The average molecular weight is 342 g/mol. The molecule has 7 nitrogen and oxygen atoms in total. The zero-order valence-corrected chi connectivity index (χ0v) is 12.7. The first-order valence-corrected chi connectivity index (χ1v) is 7.15. The van der Waals surface area contributed by atoms with Crippen molar-refractivity contribution in [2.24, 2.45) is 0 Å². The van der Waals surface area contributed by atoms with Crippen LogP contribution < -0.4 is 9.47 Å². The van der Waals surface area contributed by atoms with E-state index >= 15 is 0 Å². The first-order chi connectivity index (χ1) is 11.9. The van der Waals surface area contributed by atoms with Crippen molar-refractivity contribution in [1.29, 1.82) is 0 Å². The molecule has 0 aliphatic carbocycles. The van der Waals surface area contributed by atoms with Crippen molar-refractivity contribution in [3.63, 3.8) is 0 Å². The molecule has 0 unspecified atom stereocenters. The van der Waals surface area contributed by atoms with Crippen LogP contribution in [-0.4, -0.2) is 25.5 Å². The minimum atomic E-state index is -0.284. The van der Waals surface area contributed by atoms with Crippen LogP contribution in [0.3, 0.4) is 0 Å². The van der Waals surface area contributed by atoms with Crippen molar-refractivity contribution < 1.29 is 35.0 Å². The van der Waals surface area contributed by atoms with Crippen molar-refractivity contribution in [1.82, 2.24) is 0 Å². The van der Waals surface area contributed by atoms with E-state index in [1.165, 1.54) is 42.5 Å². The summed E-state index contributed by atoms with van der Waals surface area (Å²) < 4.78 is 10.8. The first-order valence-electron chi connectivity index (χ1n) is 7.15. The van der Waals surface area contributed by atoms with Gasteiger partial charge < -0.3 is 35.0 Å². The highest BCUT2D eigenvalue weighted by molar-refractivity contribution is 5.52. The van der Waals surface area contributed by atoms with E-state index in [0.29, 0.717) is 0 Å². The maximum absolute atomic E-state index is 10.1. The molecule has 3 aromatic rings. The third kappa shape index (κ3) is 3.61. The van der Waals surface area contributed by atoms with Gasteiger partial charge in [-0.2, -0.15) is 0 Å². The Labute approximate surface area is 142 Å². The quantitative estimate of drug-likeness (QED) is 0.489. The second kappa shape index (κ2) is 6.40. The molecule has 0 aromatic heterocycles. The van der Waals surface area contributed by atoms with Gasteiger partial charge in [-0.3, -0.25) is 0 Å². The van der Waals surface area contributed by atoms with Crippen molar-refractivity contribution in [3.05, 3.63) is 54.6 Å². The summed E-state index contributed by atoms with van der Waals surface area (Å²) in [6, 6.07) is 11.8. The fourth-order valence-electron chi connectivity index (χ4n) is 2.08. The first kappa shape index (κ1) is 16.1. The van der Waals surface area contributed by atoms with Gasteiger partial charge in [-0.1, -0.05) is 0 Å². The second-order valence-electron chi connectivity index (χ2n) is 5.14. The van der Waals surface area contributed by atoms with Gasteiger partial charge in [-0.05, 0) is 36.4 Å². The van der Waals surface area contributed by atoms with E-state index < -0.39 is 0 Å². The highest BCUT2D eigenvalue weighted by Crippen LogP contribution is 2.40. The molecule has 0 aliphatic heterocycles. The van der Waals surface area contributed by atoms with Crippen molar-refractivity contribution in [2.45, 2.75) is 0 Å². The maximum Gasteiger partial charge on any atom is 0.169 e. The lowest BCUT2D eigenvalue weighted by molar-refractivity contribution is 0.376. The number of hydrogen-bond donors (Lipinski definition) is 5. The summed E-state index contributed by atoms with van der Waals surface area (Å²) in [7, 11) is 0. The van der Waals surface area contributed by atoms with Crippen LogP contribution >= 0.6 is 0 Å². The molecular formula is C18H14O7.